The summed E-state index contributed by atoms with van der Waals surface area (Å²) in [5, 5.41) is 1.21. The van der Waals surface area contributed by atoms with Crippen molar-refractivity contribution in [1.29, 1.82) is 0 Å². The first-order valence-electron chi connectivity index (χ1n) is 11.3. The second-order valence-electron chi connectivity index (χ2n) is 8.77. The van der Waals surface area contributed by atoms with Gasteiger partial charge in [-0.2, -0.15) is 0 Å². The zero-order chi connectivity index (χ0) is 21.8. The van der Waals surface area contributed by atoms with Crippen molar-refractivity contribution < 1.29 is 4.79 Å². The first-order valence-corrected chi connectivity index (χ1v) is 11.7. The number of thiocarbonyl (C=S) groups is 1. The van der Waals surface area contributed by atoms with Gasteiger partial charge in [-0.25, -0.2) is 0 Å². The molecule has 1 aromatic heterocycles. The molecular weight excluding hydrogens is 412 g/mol. The van der Waals surface area contributed by atoms with Crippen LogP contribution >= 0.6 is 12.2 Å². The van der Waals surface area contributed by atoms with Crippen molar-refractivity contribution >= 4 is 33.9 Å². The van der Waals surface area contributed by atoms with Gasteiger partial charge in [-0.1, -0.05) is 91.9 Å². The van der Waals surface area contributed by atoms with E-state index in [4.69, 9.17) is 12.2 Å². The van der Waals surface area contributed by atoms with Crippen molar-refractivity contribution in [1.82, 2.24) is 9.88 Å². The fraction of sp³-hybridized carbons (Fsp3) is 0.214. The summed E-state index contributed by atoms with van der Waals surface area (Å²) in [6.07, 6.45) is 1.67. The van der Waals surface area contributed by atoms with Gasteiger partial charge in [0.1, 0.15) is 0 Å². The molecule has 0 aliphatic carbocycles. The summed E-state index contributed by atoms with van der Waals surface area (Å²) < 4.78 is 0. The minimum Gasteiger partial charge on any atom is -0.356 e. The molecular formula is C28H24N2OS. The third kappa shape index (κ3) is 2.79. The van der Waals surface area contributed by atoms with Crippen LogP contribution in [0.1, 0.15) is 46.8 Å². The number of H-pyrrole nitrogens is 1. The molecule has 1 fully saturated rings. The van der Waals surface area contributed by atoms with Gasteiger partial charge >= 0.3 is 0 Å². The third-order valence-electron chi connectivity index (χ3n) is 7.08. The lowest BCUT2D eigenvalue weighted by Crippen LogP contribution is -2.43. The maximum atomic E-state index is 13.8. The molecule has 0 saturated carbocycles. The smallest absolute Gasteiger partial charge is 0.169 e. The van der Waals surface area contributed by atoms with E-state index in [0.717, 1.165) is 33.7 Å². The third-order valence-corrected chi connectivity index (χ3v) is 7.53. The number of aromatic nitrogens is 1. The van der Waals surface area contributed by atoms with Crippen molar-refractivity contribution in [2.24, 2.45) is 0 Å². The molecule has 3 atom stereocenters. The highest BCUT2D eigenvalue weighted by Crippen LogP contribution is 2.47. The van der Waals surface area contributed by atoms with Crippen LogP contribution in [0.25, 0.3) is 10.9 Å². The number of nitrogens with zero attached hydrogens (tertiary/aromatic N) is 1. The molecule has 32 heavy (non-hydrogen) atoms. The SMILES string of the molecule is CCc1ccc([C@@H]2C(=O)[C@@H]3Cc4c([nH]c5ccccc45)[C@H](c4ccccc4)N3C2=S)cc1. The lowest BCUT2D eigenvalue weighted by molar-refractivity contribution is -0.121. The Kier molecular flexibility index (Phi) is 4.51. The fourth-order valence-electron chi connectivity index (χ4n) is 5.48. The molecule has 0 bridgehead atoms. The van der Waals surface area contributed by atoms with Gasteiger partial charge < -0.3 is 9.88 Å². The summed E-state index contributed by atoms with van der Waals surface area (Å²) >= 11 is 6.04. The Labute approximate surface area is 193 Å². The molecule has 1 N–H and O–H groups in total. The maximum Gasteiger partial charge on any atom is 0.169 e. The summed E-state index contributed by atoms with van der Waals surface area (Å²) in [6.45, 7) is 2.14. The van der Waals surface area contributed by atoms with E-state index < -0.39 is 0 Å². The number of Topliss-reactive ketones (excluding diaryl/α,β-unsaturated/α-hetero) is 1. The van der Waals surface area contributed by atoms with Crippen LogP contribution < -0.4 is 0 Å². The molecule has 1 saturated heterocycles. The predicted octanol–water partition coefficient (Wildman–Crippen LogP) is 5.74. The van der Waals surface area contributed by atoms with Gasteiger partial charge in [0, 0.05) is 23.0 Å². The number of rotatable bonds is 3. The molecule has 6 rings (SSSR count). The van der Waals surface area contributed by atoms with Crippen molar-refractivity contribution in [3.05, 3.63) is 107 Å². The summed E-state index contributed by atoms with van der Waals surface area (Å²) in [7, 11) is 0. The normalized spacial score (nSPS) is 22.3. The minimum atomic E-state index is -0.359. The molecule has 3 nitrogen and oxygen atoms in total. The number of aryl methyl sites for hydroxylation is 1. The number of carbonyl (C=O) groups is 1. The summed E-state index contributed by atoms with van der Waals surface area (Å²) in [4.78, 5) is 20.4. The number of fused-ring (bicyclic) bond motifs is 4. The van der Waals surface area contributed by atoms with Gasteiger partial charge in [0.2, 0.25) is 0 Å². The van der Waals surface area contributed by atoms with Crippen LogP contribution in [0.5, 0.6) is 0 Å². The first-order chi connectivity index (χ1) is 15.7. The van der Waals surface area contributed by atoms with E-state index in [1.54, 1.807) is 0 Å². The van der Waals surface area contributed by atoms with E-state index in [9.17, 15) is 4.79 Å². The first kappa shape index (κ1) is 19.4. The van der Waals surface area contributed by atoms with Crippen LogP contribution in [0, 0.1) is 0 Å². The topological polar surface area (TPSA) is 36.1 Å². The Bertz CT molecular complexity index is 1340. The van der Waals surface area contributed by atoms with E-state index in [1.807, 2.05) is 6.07 Å². The average molecular weight is 437 g/mol. The van der Waals surface area contributed by atoms with Crippen LogP contribution in [-0.2, 0) is 17.6 Å². The highest BCUT2D eigenvalue weighted by Gasteiger charge is 2.51. The molecule has 3 heterocycles. The van der Waals surface area contributed by atoms with Crippen molar-refractivity contribution in [2.45, 2.75) is 37.8 Å². The number of para-hydroxylation sites is 1. The Morgan fingerprint density at radius 3 is 2.41 bits per heavy atom. The van der Waals surface area contributed by atoms with Crippen LogP contribution in [0.2, 0.25) is 0 Å². The molecule has 3 aromatic carbocycles. The summed E-state index contributed by atoms with van der Waals surface area (Å²) in [5.41, 5.74) is 6.95. The van der Waals surface area contributed by atoms with Crippen molar-refractivity contribution in [2.75, 3.05) is 0 Å². The molecule has 0 unspecified atom stereocenters. The van der Waals surface area contributed by atoms with Crippen molar-refractivity contribution in [3.8, 4) is 0 Å². The largest absolute Gasteiger partial charge is 0.356 e. The standard InChI is InChI=1S/C28H24N2OS/c1-2-17-12-14-18(15-13-17)24-27(31)23-16-21-20-10-6-7-11-22(20)29-25(21)26(30(23)28(24)32)19-8-4-3-5-9-19/h3-15,23-24,26,29H,2,16H2,1H3/t23-,24+,26-/m0/s1. The average Bonchev–Trinajstić information content (AvgIpc) is 3.33. The lowest BCUT2D eigenvalue weighted by atomic mass is 9.87. The second kappa shape index (κ2) is 7.42. The fourth-order valence-corrected chi connectivity index (χ4v) is 5.97. The molecule has 0 radical (unpaired) electrons. The summed E-state index contributed by atoms with van der Waals surface area (Å²) in [6, 6.07) is 26.9. The minimum absolute atomic E-state index is 0.0892. The molecule has 2 aliphatic rings. The molecule has 158 valence electrons. The summed E-state index contributed by atoms with van der Waals surface area (Å²) in [5.74, 6) is -0.140. The van der Waals surface area contributed by atoms with Crippen LogP contribution in [0.3, 0.4) is 0 Å². The zero-order valence-corrected chi connectivity index (χ0v) is 18.7. The number of aromatic amines is 1. The molecule has 0 amide bonds. The van der Waals surface area contributed by atoms with Gasteiger partial charge in [-0.3, -0.25) is 4.79 Å². The quantitative estimate of drug-likeness (QED) is 0.416. The van der Waals surface area contributed by atoms with E-state index in [0.29, 0.717) is 6.42 Å². The Balaban J connectivity index is 1.51. The number of hydrogen-bond acceptors (Lipinski definition) is 2. The van der Waals surface area contributed by atoms with E-state index >= 15 is 0 Å². The number of hydrogen-bond donors (Lipinski definition) is 1. The van der Waals surface area contributed by atoms with E-state index in [1.165, 1.54) is 16.5 Å². The number of nitrogens with one attached hydrogen (secondary N) is 1. The van der Waals surface area contributed by atoms with Crippen LogP contribution in [-0.4, -0.2) is 26.7 Å². The van der Waals surface area contributed by atoms with Crippen LogP contribution in [0.15, 0.2) is 78.9 Å². The van der Waals surface area contributed by atoms with Crippen LogP contribution in [0.4, 0.5) is 0 Å². The van der Waals surface area contributed by atoms with Gasteiger partial charge in [-0.15, -0.1) is 0 Å². The Morgan fingerprint density at radius 1 is 0.938 bits per heavy atom. The molecule has 4 aromatic rings. The number of benzene rings is 3. The molecule has 0 spiro atoms. The second-order valence-corrected chi connectivity index (χ2v) is 9.19. The zero-order valence-electron chi connectivity index (χ0n) is 17.9. The lowest BCUT2D eigenvalue weighted by Gasteiger charge is -2.38. The van der Waals surface area contributed by atoms with Gasteiger partial charge in [-0.05, 0) is 34.7 Å². The number of ketones is 1. The highest BCUT2D eigenvalue weighted by molar-refractivity contribution is 7.80. The monoisotopic (exact) mass is 436 g/mol. The van der Waals surface area contributed by atoms with Gasteiger partial charge in [0.25, 0.3) is 0 Å². The highest BCUT2D eigenvalue weighted by atomic mass is 32.1. The Morgan fingerprint density at radius 2 is 1.66 bits per heavy atom. The maximum absolute atomic E-state index is 13.8. The van der Waals surface area contributed by atoms with E-state index in [2.05, 4.69) is 89.6 Å². The van der Waals surface area contributed by atoms with Crippen molar-refractivity contribution in [3.63, 3.8) is 0 Å². The predicted molar refractivity (Wildman–Crippen MR) is 132 cm³/mol. The van der Waals surface area contributed by atoms with Gasteiger partial charge in [0.15, 0.2) is 5.78 Å². The molecule has 2 aliphatic heterocycles. The van der Waals surface area contributed by atoms with E-state index in [-0.39, 0.29) is 23.8 Å². The number of carbonyl (C=O) groups excluding carboxylic acids is 1. The molecule has 4 heteroatoms. The Hall–Kier alpha value is -3.24. The van der Waals surface area contributed by atoms with Gasteiger partial charge in [0.05, 0.1) is 23.0 Å².